The Labute approximate surface area is 69.9 Å². The lowest BCUT2D eigenvalue weighted by Gasteiger charge is -2.09. The zero-order chi connectivity index (χ0) is 8.85. The van der Waals surface area contributed by atoms with E-state index in [-0.39, 0.29) is 0 Å². The van der Waals surface area contributed by atoms with Crippen LogP contribution in [0.4, 0.5) is 0 Å². The highest BCUT2D eigenvalue weighted by Crippen LogP contribution is 2.04. The van der Waals surface area contributed by atoms with Gasteiger partial charge in [0.1, 0.15) is 0 Å². The van der Waals surface area contributed by atoms with Gasteiger partial charge in [-0.25, -0.2) is 0 Å². The molecule has 1 fully saturated rings. The van der Waals surface area contributed by atoms with E-state index in [4.69, 9.17) is 9.47 Å². The van der Waals surface area contributed by atoms with Gasteiger partial charge >= 0.3 is 0 Å². The van der Waals surface area contributed by atoms with Gasteiger partial charge in [-0.15, -0.1) is 0 Å². The van der Waals surface area contributed by atoms with Crippen LogP contribution in [0.5, 0.6) is 0 Å². The second-order valence-corrected chi connectivity index (χ2v) is 3.38. The first-order chi connectivity index (χ1) is 5.02. The van der Waals surface area contributed by atoms with Gasteiger partial charge in [-0.3, -0.25) is 0 Å². The number of hydrogen-bond acceptors (Lipinski definition) is 2. The molecular weight excluding hydrogens is 140 g/mol. The van der Waals surface area contributed by atoms with Crippen LogP contribution >= 0.6 is 0 Å². The molecule has 68 valence electrons. The summed E-state index contributed by atoms with van der Waals surface area (Å²) < 4.78 is 9.96. The van der Waals surface area contributed by atoms with Crippen molar-refractivity contribution < 1.29 is 9.47 Å². The molecule has 11 heavy (non-hydrogen) atoms. The van der Waals surface area contributed by atoms with Crippen molar-refractivity contribution in [2.75, 3.05) is 6.61 Å². The molecule has 0 spiro atoms. The van der Waals surface area contributed by atoms with Crippen LogP contribution in [0.15, 0.2) is 0 Å². The molecule has 1 rings (SSSR count). The maximum Gasteiger partial charge on any atom is 0.0781 e. The van der Waals surface area contributed by atoms with Gasteiger partial charge in [0.25, 0.3) is 0 Å². The molecule has 1 aliphatic rings. The maximum absolute atomic E-state index is 5.25. The molecule has 0 amide bonds. The standard InChI is InChI=1S/C6H14O.C3H6O/c1-5(2)7-6(3)4;1-3-2-4-3/h5-6H,1-4H3;3H,2H2,1H3. The lowest BCUT2D eigenvalue weighted by Crippen LogP contribution is -2.09. The molecule has 1 aliphatic heterocycles. The molecule has 1 heterocycles. The minimum absolute atomic E-state index is 0.375. The van der Waals surface area contributed by atoms with Crippen LogP contribution in [0.25, 0.3) is 0 Å². The Morgan fingerprint density at radius 2 is 1.45 bits per heavy atom. The normalized spacial score (nSPS) is 21.5. The molecule has 0 bridgehead atoms. The first-order valence-corrected chi connectivity index (χ1v) is 4.29. The summed E-state index contributed by atoms with van der Waals surface area (Å²) in [6.07, 6.45) is 1.33. The van der Waals surface area contributed by atoms with Gasteiger partial charge in [0.05, 0.1) is 24.9 Å². The van der Waals surface area contributed by atoms with Gasteiger partial charge in [0.15, 0.2) is 0 Å². The highest BCUT2D eigenvalue weighted by atomic mass is 16.6. The smallest absolute Gasteiger partial charge is 0.0781 e. The van der Waals surface area contributed by atoms with Crippen molar-refractivity contribution in [1.82, 2.24) is 0 Å². The fraction of sp³-hybridized carbons (Fsp3) is 1.00. The quantitative estimate of drug-likeness (QED) is 0.578. The van der Waals surface area contributed by atoms with Crippen molar-refractivity contribution in [1.29, 1.82) is 0 Å². The van der Waals surface area contributed by atoms with Gasteiger partial charge in [0, 0.05) is 0 Å². The topological polar surface area (TPSA) is 21.8 Å². The van der Waals surface area contributed by atoms with Crippen molar-refractivity contribution in [3.8, 4) is 0 Å². The summed E-state index contributed by atoms with van der Waals surface area (Å²) in [6, 6.07) is 0. The zero-order valence-electron chi connectivity index (χ0n) is 8.26. The molecule has 2 heteroatoms. The average Bonchev–Trinajstić information content (AvgIpc) is 2.47. The Kier molecular flexibility index (Phi) is 5.51. The molecule has 0 N–H and O–H groups in total. The van der Waals surface area contributed by atoms with Crippen LogP contribution in [-0.4, -0.2) is 24.9 Å². The second kappa shape index (κ2) is 5.56. The molecule has 1 atom stereocenters. The van der Waals surface area contributed by atoms with E-state index in [9.17, 15) is 0 Å². The molecular formula is C9H20O2. The molecule has 0 saturated carbocycles. The van der Waals surface area contributed by atoms with Crippen LogP contribution < -0.4 is 0 Å². The van der Waals surface area contributed by atoms with E-state index in [0.717, 1.165) is 6.61 Å². The van der Waals surface area contributed by atoms with Gasteiger partial charge in [0.2, 0.25) is 0 Å². The van der Waals surface area contributed by atoms with Gasteiger partial charge in [-0.05, 0) is 34.6 Å². The predicted molar refractivity (Wildman–Crippen MR) is 46.8 cm³/mol. The third-order valence-corrected chi connectivity index (χ3v) is 1.04. The summed E-state index contributed by atoms with van der Waals surface area (Å²) in [5.41, 5.74) is 0. The Balaban J connectivity index is 0.000000207. The van der Waals surface area contributed by atoms with Crippen molar-refractivity contribution >= 4 is 0 Å². The lowest BCUT2D eigenvalue weighted by atomic mass is 10.4. The average molecular weight is 160 g/mol. The summed E-state index contributed by atoms with van der Waals surface area (Å²) in [6.45, 7) is 11.2. The van der Waals surface area contributed by atoms with E-state index in [1.54, 1.807) is 0 Å². The SMILES string of the molecule is CC(C)OC(C)C.CC1CO1. The number of rotatable bonds is 2. The highest BCUT2D eigenvalue weighted by Gasteiger charge is 2.13. The lowest BCUT2D eigenvalue weighted by molar-refractivity contribution is 0.0300. The molecule has 1 unspecified atom stereocenters. The Morgan fingerprint density at radius 3 is 1.45 bits per heavy atom. The van der Waals surface area contributed by atoms with Crippen LogP contribution in [0.2, 0.25) is 0 Å². The van der Waals surface area contributed by atoms with Crippen molar-refractivity contribution in [3.05, 3.63) is 0 Å². The predicted octanol–water partition coefficient (Wildman–Crippen LogP) is 2.22. The summed E-state index contributed by atoms with van der Waals surface area (Å²) in [5.74, 6) is 0. The van der Waals surface area contributed by atoms with Crippen molar-refractivity contribution in [3.63, 3.8) is 0 Å². The number of hydrogen-bond donors (Lipinski definition) is 0. The minimum Gasteiger partial charge on any atom is -0.376 e. The van der Waals surface area contributed by atoms with E-state index >= 15 is 0 Å². The number of epoxide rings is 1. The fourth-order valence-corrected chi connectivity index (χ4v) is 0.641. The third-order valence-electron chi connectivity index (χ3n) is 1.04. The second-order valence-electron chi connectivity index (χ2n) is 3.38. The minimum atomic E-state index is 0.375. The molecule has 0 aromatic rings. The van der Waals surface area contributed by atoms with Crippen molar-refractivity contribution in [2.24, 2.45) is 0 Å². The molecule has 0 aromatic heterocycles. The van der Waals surface area contributed by atoms with Crippen LogP contribution in [0, 0.1) is 0 Å². The highest BCUT2D eigenvalue weighted by molar-refractivity contribution is 4.58. The fourth-order valence-electron chi connectivity index (χ4n) is 0.641. The monoisotopic (exact) mass is 160 g/mol. The zero-order valence-corrected chi connectivity index (χ0v) is 8.26. The summed E-state index contributed by atoms with van der Waals surface area (Å²) in [7, 11) is 0. The third kappa shape index (κ3) is 13.0. The molecule has 0 aliphatic carbocycles. The first-order valence-electron chi connectivity index (χ1n) is 4.29. The maximum atomic E-state index is 5.25. The summed E-state index contributed by atoms with van der Waals surface area (Å²) in [4.78, 5) is 0. The van der Waals surface area contributed by atoms with Crippen molar-refractivity contribution in [2.45, 2.75) is 52.9 Å². The molecule has 1 saturated heterocycles. The molecule has 2 nitrogen and oxygen atoms in total. The van der Waals surface area contributed by atoms with E-state index < -0.39 is 0 Å². The van der Waals surface area contributed by atoms with Crippen LogP contribution in [0.1, 0.15) is 34.6 Å². The molecule has 0 radical (unpaired) electrons. The van der Waals surface area contributed by atoms with Crippen LogP contribution in [-0.2, 0) is 9.47 Å². The summed E-state index contributed by atoms with van der Waals surface area (Å²) in [5, 5.41) is 0. The summed E-state index contributed by atoms with van der Waals surface area (Å²) >= 11 is 0. The van der Waals surface area contributed by atoms with Gasteiger partial charge in [-0.2, -0.15) is 0 Å². The van der Waals surface area contributed by atoms with Gasteiger partial charge in [-0.1, -0.05) is 0 Å². The largest absolute Gasteiger partial charge is 0.376 e. The number of ether oxygens (including phenoxy) is 2. The Bertz CT molecular complexity index is 79.6. The Morgan fingerprint density at radius 1 is 1.18 bits per heavy atom. The van der Waals surface area contributed by atoms with E-state index in [1.807, 2.05) is 27.7 Å². The first kappa shape index (κ1) is 10.9. The molecule has 0 aromatic carbocycles. The van der Waals surface area contributed by atoms with E-state index in [0.29, 0.717) is 18.3 Å². The Hall–Kier alpha value is -0.0800. The van der Waals surface area contributed by atoms with Crippen LogP contribution in [0.3, 0.4) is 0 Å². The van der Waals surface area contributed by atoms with E-state index in [2.05, 4.69) is 6.92 Å². The van der Waals surface area contributed by atoms with E-state index in [1.165, 1.54) is 0 Å². The van der Waals surface area contributed by atoms with Gasteiger partial charge < -0.3 is 9.47 Å².